The molecular formula is C64H86N12O7. The predicted octanol–water partition coefficient (Wildman–Crippen LogP) is 9.42. The van der Waals surface area contributed by atoms with Gasteiger partial charge >= 0.3 is 0 Å². The topological polar surface area (TPSA) is 231 Å². The van der Waals surface area contributed by atoms with E-state index >= 15 is 0 Å². The molecule has 0 spiro atoms. The Balaban J connectivity index is 0.000000179. The number of aryl methyl sites for hydroxylation is 1. The number of rotatable bonds is 26. The van der Waals surface area contributed by atoms with Gasteiger partial charge in [-0.3, -0.25) is 30.0 Å². The van der Waals surface area contributed by atoms with Crippen molar-refractivity contribution in [2.24, 2.45) is 0 Å². The van der Waals surface area contributed by atoms with Crippen LogP contribution in [0.1, 0.15) is 125 Å². The van der Waals surface area contributed by atoms with Crippen molar-refractivity contribution in [2.45, 2.75) is 116 Å². The Morgan fingerprint density at radius 1 is 0.590 bits per heavy atom. The average molecular weight is 1140 g/mol. The zero-order chi connectivity index (χ0) is 58.8. The van der Waals surface area contributed by atoms with Crippen LogP contribution in [0.2, 0.25) is 0 Å². The van der Waals surface area contributed by atoms with Crippen molar-refractivity contribution in [2.75, 3.05) is 65.5 Å². The maximum atomic E-state index is 11.2. The van der Waals surface area contributed by atoms with Crippen LogP contribution in [-0.4, -0.2) is 147 Å². The third-order valence-electron chi connectivity index (χ3n) is 15.5. The molecule has 2 atom stereocenters. The summed E-state index contributed by atoms with van der Waals surface area (Å²) in [7, 11) is 0. The zero-order valence-electron chi connectivity index (χ0n) is 48.7. The Morgan fingerprint density at radius 3 is 1.69 bits per heavy atom. The standard InChI is InChI=1S/C22H34N4O3.C22H24N4O2.C20H28N4O2/c1-3-5-6-8-21-23-19-17-18(10-12-22(28)24-29)9-11-20(19)26(21)15-14-25(4-2)13-7-16-27;27-22(24-28)9-7-18-6-8-21-20(14-18)23-16-26(21)19-11-13-25(15-19)12-10-17-4-2-1-3-5-17;1-2-3-4-11-23-12-5-6-17(14-23)24-15-21-18-13-16(7-9-19(18)24)8-10-20(25)22-26/h9-12,17,27,29H,3-8,13-16H2,1-2H3,(H,24,28);1-9,14,16,19,28H,10-13,15H2,(H,24,27);7-10,13,15,17,26H,2-6,11-12,14H2,1H3,(H,22,25). The lowest BCUT2D eigenvalue weighted by atomic mass is 10.0. The highest BCUT2D eigenvalue weighted by molar-refractivity contribution is 5.93. The van der Waals surface area contributed by atoms with E-state index in [1.54, 1.807) is 34.7 Å². The Labute approximate surface area is 487 Å². The second-order valence-corrected chi connectivity index (χ2v) is 21.4. The van der Waals surface area contributed by atoms with Crippen molar-refractivity contribution in [1.29, 1.82) is 0 Å². The van der Waals surface area contributed by atoms with Crippen LogP contribution in [0, 0.1) is 0 Å². The van der Waals surface area contributed by atoms with E-state index < -0.39 is 17.7 Å². The van der Waals surface area contributed by atoms with E-state index in [0.29, 0.717) is 12.1 Å². The molecule has 7 N–H and O–H groups in total. The average Bonchev–Trinajstić information content (AvgIpc) is 4.35. The number of likely N-dealkylation sites (N-methyl/N-ethyl adjacent to an activating group) is 1. The number of aromatic nitrogens is 6. The van der Waals surface area contributed by atoms with E-state index in [-0.39, 0.29) is 6.61 Å². The summed E-state index contributed by atoms with van der Waals surface area (Å²) in [6.07, 6.45) is 26.4. The van der Waals surface area contributed by atoms with Gasteiger partial charge in [0.2, 0.25) is 0 Å². The van der Waals surface area contributed by atoms with Gasteiger partial charge in [-0.2, -0.15) is 0 Å². The first-order valence-electron chi connectivity index (χ1n) is 29.7. The molecule has 0 saturated carbocycles. The van der Waals surface area contributed by atoms with Crippen LogP contribution in [0.4, 0.5) is 0 Å². The van der Waals surface area contributed by atoms with Crippen molar-refractivity contribution in [1.82, 2.24) is 59.8 Å². The maximum Gasteiger partial charge on any atom is 0.267 e. The normalized spacial score (nSPS) is 15.9. The SMILES string of the molecule is CCCCCN1CCCC(n2cnc3cc(C=CC(=O)NO)ccc32)C1.CCCCCc1nc2cc(C=CC(=O)NO)ccc2n1CCN(CC)CCCO.O=C(C=Cc1ccc2c(c1)ncn2C1CCN(CCc2ccccc2)C1)NO. The molecule has 19 nitrogen and oxygen atoms in total. The molecule has 2 aliphatic rings. The highest BCUT2D eigenvalue weighted by Gasteiger charge is 2.25. The number of carbonyl (C=O) groups is 3. The number of aliphatic hydroxyl groups excluding tert-OH is 1. The number of unbranched alkanes of at least 4 members (excludes halogenated alkanes) is 4. The molecule has 3 amide bonds. The molecule has 4 aromatic carbocycles. The Kier molecular flexibility index (Phi) is 25.6. The molecule has 0 radical (unpaired) electrons. The number of nitrogens with one attached hydrogen (secondary N) is 3. The van der Waals surface area contributed by atoms with E-state index in [1.807, 2.05) is 61.2 Å². The van der Waals surface area contributed by atoms with Crippen LogP contribution in [0.25, 0.3) is 51.3 Å². The number of likely N-dealkylation sites (tertiary alicyclic amines) is 2. The molecule has 7 aromatic rings. The third-order valence-corrected chi connectivity index (χ3v) is 15.5. The van der Waals surface area contributed by atoms with Crippen molar-refractivity contribution < 1.29 is 35.1 Å². The van der Waals surface area contributed by atoms with Crippen molar-refractivity contribution in [3.8, 4) is 0 Å². The Hall–Kier alpha value is -7.36. The van der Waals surface area contributed by atoms with E-state index in [4.69, 9.17) is 25.7 Å². The molecule has 19 heteroatoms. The molecule has 83 heavy (non-hydrogen) atoms. The number of fused-ring (bicyclic) bond motifs is 3. The molecule has 0 bridgehead atoms. The van der Waals surface area contributed by atoms with Gasteiger partial charge in [-0.25, -0.2) is 31.4 Å². The smallest absolute Gasteiger partial charge is 0.267 e. The third kappa shape index (κ3) is 19.1. The molecule has 0 aliphatic carbocycles. The van der Waals surface area contributed by atoms with Gasteiger partial charge in [0.15, 0.2) is 0 Å². The first-order chi connectivity index (χ1) is 40.6. The van der Waals surface area contributed by atoms with Gasteiger partial charge in [0.25, 0.3) is 17.7 Å². The zero-order valence-corrected chi connectivity index (χ0v) is 48.7. The van der Waals surface area contributed by atoms with E-state index in [0.717, 1.165) is 140 Å². The number of hydrogen-bond acceptors (Lipinski definition) is 13. The maximum absolute atomic E-state index is 11.2. The molecule has 2 fully saturated rings. The van der Waals surface area contributed by atoms with E-state index in [1.165, 1.54) is 81.8 Å². The molecule has 2 aliphatic heterocycles. The number of hydroxylamine groups is 3. The summed E-state index contributed by atoms with van der Waals surface area (Å²) in [6, 6.07) is 29.5. The molecule has 3 aromatic heterocycles. The van der Waals surface area contributed by atoms with Crippen LogP contribution in [-0.2, 0) is 33.8 Å². The first kappa shape index (κ1) is 63.2. The minimum absolute atomic E-state index is 0.220. The van der Waals surface area contributed by atoms with Crippen LogP contribution in [0.15, 0.2) is 116 Å². The molecule has 9 rings (SSSR count). The summed E-state index contributed by atoms with van der Waals surface area (Å²) in [5.41, 5.74) is 14.9. The number of hydrogen-bond donors (Lipinski definition) is 7. The lowest BCUT2D eigenvalue weighted by molar-refractivity contribution is -0.124. The Bertz CT molecular complexity index is 3220. The fourth-order valence-corrected chi connectivity index (χ4v) is 11.0. The molecule has 2 unspecified atom stereocenters. The summed E-state index contributed by atoms with van der Waals surface area (Å²) in [5.74, 6) is -0.549. The van der Waals surface area contributed by atoms with E-state index in [9.17, 15) is 14.4 Å². The molecule has 5 heterocycles. The van der Waals surface area contributed by atoms with Gasteiger partial charge < -0.3 is 33.5 Å². The predicted molar refractivity (Wildman–Crippen MR) is 328 cm³/mol. The van der Waals surface area contributed by atoms with Crippen molar-refractivity contribution in [3.05, 3.63) is 144 Å². The number of carbonyl (C=O) groups excluding carboxylic acids is 3. The monoisotopic (exact) mass is 1130 g/mol. The van der Waals surface area contributed by atoms with Gasteiger partial charge in [0.05, 0.1) is 45.8 Å². The summed E-state index contributed by atoms with van der Waals surface area (Å²) in [6.45, 7) is 17.2. The number of nitrogens with zero attached hydrogens (tertiary/aromatic N) is 9. The summed E-state index contributed by atoms with van der Waals surface area (Å²) in [4.78, 5) is 54.9. The van der Waals surface area contributed by atoms with Crippen molar-refractivity contribution >= 4 is 69.0 Å². The summed E-state index contributed by atoms with van der Waals surface area (Å²) in [5, 5.41) is 34.8. The van der Waals surface area contributed by atoms with Crippen LogP contribution in [0.3, 0.4) is 0 Å². The second-order valence-electron chi connectivity index (χ2n) is 21.4. The minimum atomic E-state index is -0.557. The van der Waals surface area contributed by atoms with Crippen LogP contribution in [0.5, 0.6) is 0 Å². The lowest BCUT2D eigenvalue weighted by Gasteiger charge is -2.33. The number of aliphatic hydroxyl groups is 1. The van der Waals surface area contributed by atoms with E-state index in [2.05, 4.69) is 95.5 Å². The first-order valence-corrected chi connectivity index (χ1v) is 29.7. The van der Waals surface area contributed by atoms with Gasteiger partial charge in [-0.05, 0) is 141 Å². The second kappa shape index (κ2) is 33.7. The summed E-state index contributed by atoms with van der Waals surface area (Å²) >= 11 is 0. The van der Waals surface area contributed by atoms with Gasteiger partial charge in [-0.15, -0.1) is 0 Å². The number of piperidine rings is 1. The number of amides is 3. The fourth-order valence-electron chi connectivity index (χ4n) is 11.0. The highest BCUT2D eigenvalue weighted by atomic mass is 16.5. The van der Waals surface area contributed by atoms with Crippen LogP contribution >= 0.6 is 0 Å². The quantitative estimate of drug-likeness (QED) is 0.0116. The largest absolute Gasteiger partial charge is 0.396 e. The Morgan fingerprint density at radius 2 is 1.13 bits per heavy atom. The van der Waals surface area contributed by atoms with Crippen molar-refractivity contribution in [3.63, 3.8) is 0 Å². The van der Waals surface area contributed by atoms with Crippen LogP contribution < -0.4 is 16.4 Å². The van der Waals surface area contributed by atoms with Gasteiger partial charge in [0.1, 0.15) is 5.82 Å². The summed E-state index contributed by atoms with van der Waals surface area (Å²) < 4.78 is 6.88. The van der Waals surface area contributed by atoms with Gasteiger partial charge in [-0.1, -0.05) is 95.0 Å². The molecular weight excluding hydrogens is 1050 g/mol. The highest BCUT2D eigenvalue weighted by Crippen LogP contribution is 2.29. The molecule has 2 saturated heterocycles. The lowest BCUT2D eigenvalue weighted by Crippen LogP contribution is -2.37. The number of benzene rings is 4. The van der Waals surface area contributed by atoms with Gasteiger partial charge in [0, 0.05) is 89.2 Å². The number of imidazole rings is 3. The fraction of sp³-hybridized carbons (Fsp3) is 0.438. The minimum Gasteiger partial charge on any atom is -0.396 e. The molecule has 444 valence electrons.